The van der Waals surface area contributed by atoms with Gasteiger partial charge in [0.15, 0.2) is 11.5 Å². The van der Waals surface area contributed by atoms with Gasteiger partial charge in [0.1, 0.15) is 12.4 Å². The van der Waals surface area contributed by atoms with E-state index in [0.717, 1.165) is 11.1 Å². The Labute approximate surface area is 173 Å². The fourth-order valence-electron chi connectivity index (χ4n) is 2.91. The van der Waals surface area contributed by atoms with Gasteiger partial charge in [-0.05, 0) is 47.9 Å². The van der Waals surface area contributed by atoms with Crippen LogP contribution in [0.4, 0.5) is 13.2 Å². The lowest BCUT2D eigenvalue weighted by Gasteiger charge is -2.17. The first-order valence-corrected chi connectivity index (χ1v) is 9.40. The van der Waals surface area contributed by atoms with Crippen LogP contribution in [0.2, 0.25) is 0 Å². The normalized spacial score (nSPS) is 12.3. The lowest BCUT2D eigenvalue weighted by molar-refractivity contribution is -0.274. The van der Waals surface area contributed by atoms with Crippen LogP contribution in [0, 0.1) is 0 Å². The Morgan fingerprint density at radius 3 is 2.13 bits per heavy atom. The van der Waals surface area contributed by atoms with Crippen molar-refractivity contribution in [2.45, 2.75) is 25.9 Å². The van der Waals surface area contributed by atoms with Crippen LogP contribution >= 0.6 is 0 Å². The standard InChI is InChI=1S/C23H22F3NO3/c1-2-28-21-14-18(10-13-20(21)29-15-16-6-4-3-5-7-16)22(27)17-8-11-19(12-9-17)30-23(24,25)26/h3-14,22H,2,15,27H2,1H3/t22-/m0/s1. The Bertz CT molecular complexity index is 944. The van der Waals surface area contributed by atoms with Crippen molar-refractivity contribution in [2.24, 2.45) is 5.73 Å². The second kappa shape index (κ2) is 9.54. The molecule has 3 aromatic carbocycles. The molecule has 3 aromatic rings. The maximum atomic E-state index is 12.3. The molecular formula is C23H22F3NO3. The molecule has 2 N–H and O–H groups in total. The number of nitrogens with two attached hydrogens (primary N) is 1. The Balaban J connectivity index is 1.75. The summed E-state index contributed by atoms with van der Waals surface area (Å²) in [6, 6.07) is 20.1. The predicted octanol–water partition coefficient (Wildman–Crippen LogP) is 5.61. The third-order valence-electron chi connectivity index (χ3n) is 4.34. The summed E-state index contributed by atoms with van der Waals surface area (Å²) in [6.07, 6.45) is -4.73. The number of ether oxygens (including phenoxy) is 3. The van der Waals surface area contributed by atoms with Gasteiger partial charge >= 0.3 is 6.36 Å². The summed E-state index contributed by atoms with van der Waals surface area (Å²) in [7, 11) is 0. The van der Waals surface area contributed by atoms with Crippen molar-refractivity contribution in [1.82, 2.24) is 0 Å². The summed E-state index contributed by atoms with van der Waals surface area (Å²) < 4.78 is 52.4. The van der Waals surface area contributed by atoms with Crippen LogP contribution < -0.4 is 19.9 Å². The van der Waals surface area contributed by atoms with E-state index in [-0.39, 0.29) is 5.75 Å². The molecule has 7 heteroatoms. The first kappa shape index (κ1) is 21.5. The smallest absolute Gasteiger partial charge is 0.490 e. The van der Waals surface area contributed by atoms with E-state index in [1.807, 2.05) is 43.3 Å². The van der Waals surface area contributed by atoms with Gasteiger partial charge < -0.3 is 19.9 Å². The van der Waals surface area contributed by atoms with Crippen LogP contribution in [-0.2, 0) is 6.61 Å². The number of rotatable bonds is 8. The Hall–Kier alpha value is -3.19. The molecule has 0 saturated heterocycles. The predicted molar refractivity (Wildman–Crippen MR) is 108 cm³/mol. The van der Waals surface area contributed by atoms with E-state index in [9.17, 15) is 13.2 Å². The largest absolute Gasteiger partial charge is 0.573 e. The van der Waals surface area contributed by atoms with Crippen molar-refractivity contribution in [3.63, 3.8) is 0 Å². The fourth-order valence-corrected chi connectivity index (χ4v) is 2.91. The average molecular weight is 417 g/mol. The highest BCUT2D eigenvalue weighted by atomic mass is 19.4. The van der Waals surface area contributed by atoms with Crippen LogP contribution in [0.25, 0.3) is 0 Å². The first-order valence-electron chi connectivity index (χ1n) is 9.40. The molecule has 0 amide bonds. The average Bonchev–Trinajstić information content (AvgIpc) is 2.73. The summed E-state index contributed by atoms with van der Waals surface area (Å²) >= 11 is 0. The topological polar surface area (TPSA) is 53.7 Å². The lowest BCUT2D eigenvalue weighted by Crippen LogP contribution is -2.17. The van der Waals surface area contributed by atoms with Gasteiger partial charge in [0.25, 0.3) is 0 Å². The van der Waals surface area contributed by atoms with Crippen molar-refractivity contribution in [2.75, 3.05) is 6.61 Å². The summed E-state index contributed by atoms with van der Waals surface area (Å²) in [5.41, 5.74) is 8.73. The number of hydrogen-bond donors (Lipinski definition) is 1. The second-order valence-corrected chi connectivity index (χ2v) is 6.51. The zero-order valence-corrected chi connectivity index (χ0v) is 16.4. The molecule has 0 fully saturated rings. The van der Waals surface area contributed by atoms with Gasteiger partial charge in [0.05, 0.1) is 12.6 Å². The SMILES string of the molecule is CCOc1cc([C@@H](N)c2ccc(OC(F)(F)F)cc2)ccc1OCc1ccccc1. The Morgan fingerprint density at radius 2 is 1.50 bits per heavy atom. The maximum Gasteiger partial charge on any atom is 0.573 e. The van der Waals surface area contributed by atoms with Crippen molar-refractivity contribution >= 4 is 0 Å². The van der Waals surface area contributed by atoms with Gasteiger partial charge in [0.2, 0.25) is 0 Å². The molecular weight excluding hydrogens is 395 g/mol. The molecule has 0 aliphatic heterocycles. The molecule has 30 heavy (non-hydrogen) atoms. The van der Waals surface area contributed by atoms with E-state index < -0.39 is 12.4 Å². The monoisotopic (exact) mass is 417 g/mol. The molecule has 0 aliphatic rings. The van der Waals surface area contributed by atoms with Crippen LogP contribution in [0.15, 0.2) is 72.8 Å². The van der Waals surface area contributed by atoms with Crippen LogP contribution in [0.3, 0.4) is 0 Å². The molecule has 0 spiro atoms. The van der Waals surface area contributed by atoms with E-state index in [0.29, 0.717) is 30.3 Å². The zero-order valence-electron chi connectivity index (χ0n) is 16.4. The molecule has 0 radical (unpaired) electrons. The molecule has 0 aliphatic carbocycles. The molecule has 3 rings (SSSR count). The highest BCUT2D eigenvalue weighted by Gasteiger charge is 2.31. The quantitative estimate of drug-likeness (QED) is 0.518. The minimum absolute atomic E-state index is 0.293. The van der Waals surface area contributed by atoms with Crippen LogP contribution in [0.1, 0.15) is 29.7 Å². The lowest BCUT2D eigenvalue weighted by atomic mass is 9.99. The third kappa shape index (κ3) is 5.90. The molecule has 0 aromatic heterocycles. The van der Waals surface area contributed by atoms with Gasteiger partial charge in [0, 0.05) is 0 Å². The van der Waals surface area contributed by atoms with Crippen LogP contribution in [0.5, 0.6) is 17.2 Å². The van der Waals surface area contributed by atoms with Gasteiger partial charge in [-0.25, -0.2) is 0 Å². The molecule has 0 saturated carbocycles. The minimum atomic E-state index is -4.73. The summed E-state index contributed by atoms with van der Waals surface area (Å²) in [5.74, 6) is 0.849. The Morgan fingerprint density at radius 1 is 0.833 bits per heavy atom. The van der Waals surface area contributed by atoms with Crippen molar-refractivity contribution in [1.29, 1.82) is 0 Å². The number of hydrogen-bond acceptors (Lipinski definition) is 4. The van der Waals surface area contributed by atoms with E-state index in [4.69, 9.17) is 15.2 Å². The summed E-state index contributed by atoms with van der Waals surface area (Å²) in [4.78, 5) is 0. The summed E-state index contributed by atoms with van der Waals surface area (Å²) in [5, 5.41) is 0. The molecule has 0 bridgehead atoms. The fraction of sp³-hybridized carbons (Fsp3) is 0.217. The first-order chi connectivity index (χ1) is 14.4. The van der Waals surface area contributed by atoms with Gasteiger partial charge in [-0.3, -0.25) is 0 Å². The zero-order chi connectivity index (χ0) is 21.6. The molecule has 158 valence electrons. The Kier molecular flexibility index (Phi) is 6.84. The van der Waals surface area contributed by atoms with Crippen molar-refractivity contribution in [3.8, 4) is 17.2 Å². The molecule has 0 heterocycles. The van der Waals surface area contributed by atoms with Crippen LogP contribution in [-0.4, -0.2) is 13.0 Å². The second-order valence-electron chi connectivity index (χ2n) is 6.51. The summed E-state index contributed by atoms with van der Waals surface area (Å²) in [6.45, 7) is 2.71. The van der Waals surface area contributed by atoms with E-state index >= 15 is 0 Å². The van der Waals surface area contributed by atoms with Gasteiger partial charge in [-0.1, -0.05) is 48.5 Å². The molecule has 0 unspecified atom stereocenters. The highest BCUT2D eigenvalue weighted by Crippen LogP contribution is 2.33. The number of alkyl halides is 3. The van der Waals surface area contributed by atoms with Crippen molar-refractivity contribution in [3.05, 3.63) is 89.5 Å². The van der Waals surface area contributed by atoms with Gasteiger partial charge in [-0.15, -0.1) is 13.2 Å². The van der Waals surface area contributed by atoms with E-state index in [1.165, 1.54) is 24.3 Å². The number of halogens is 3. The number of benzene rings is 3. The van der Waals surface area contributed by atoms with Crippen molar-refractivity contribution < 1.29 is 27.4 Å². The van der Waals surface area contributed by atoms with E-state index in [1.54, 1.807) is 12.1 Å². The van der Waals surface area contributed by atoms with Gasteiger partial charge in [-0.2, -0.15) is 0 Å². The highest BCUT2D eigenvalue weighted by molar-refractivity contribution is 5.46. The molecule has 4 nitrogen and oxygen atoms in total. The maximum absolute atomic E-state index is 12.3. The third-order valence-corrected chi connectivity index (χ3v) is 4.34. The van der Waals surface area contributed by atoms with E-state index in [2.05, 4.69) is 4.74 Å². The molecule has 1 atom stereocenters. The minimum Gasteiger partial charge on any atom is -0.490 e.